The normalized spacial score (nSPS) is 21.7. The van der Waals surface area contributed by atoms with Crippen LogP contribution in [0.15, 0.2) is 28.7 Å². The zero-order valence-corrected chi connectivity index (χ0v) is 13.5. The molecular weight excluding hydrogens is 296 g/mol. The standard InChI is InChI=1S/C18H20O5/c1-5-6-12-7-8-13(23-12)11-22-17(20)16-14(18(16,2)3)9-10-15(19)21-4/h1,7-10,14,16H,6,11H2,2-4H3/b10-9+. The summed E-state index contributed by atoms with van der Waals surface area (Å²) < 4.78 is 15.3. The van der Waals surface area contributed by atoms with E-state index in [9.17, 15) is 9.59 Å². The van der Waals surface area contributed by atoms with Crippen LogP contribution in [0.25, 0.3) is 0 Å². The van der Waals surface area contributed by atoms with Gasteiger partial charge in [-0.25, -0.2) is 4.79 Å². The van der Waals surface area contributed by atoms with Crippen LogP contribution in [0.2, 0.25) is 0 Å². The lowest BCUT2D eigenvalue weighted by atomic mass is 10.1. The average molecular weight is 316 g/mol. The second-order valence-corrected chi connectivity index (χ2v) is 6.06. The van der Waals surface area contributed by atoms with Gasteiger partial charge in [0.2, 0.25) is 0 Å². The Morgan fingerprint density at radius 2 is 2.09 bits per heavy atom. The van der Waals surface area contributed by atoms with Gasteiger partial charge in [-0.1, -0.05) is 25.8 Å². The number of ether oxygens (including phenoxy) is 2. The number of carbonyl (C=O) groups is 2. The van der Waals surface area contributed by atoms with Crippen LogP contribution < -0.4 is 0 Å². The van der Waals surface area contributed by atoms with Gasteiger partial charge in [0.25, 0.3) is 0 Å². The number of hydrogen-bond donors (Lipinski definition) is 0. The molecule has 2 unspecified atom stereocenters. The van der Waals surface area contributed by atoms with Gasteiger partial charge in [-0.3, -0.25) is 4.79 Å². The molecule has 0 radical (unpaired) electrons. The van der Waals surface area contributed by atoms with E-state index in [1.54, 1.807) is 18.2 Å². The molecule has 1 heterocycles. The van der Waals surface area contributed by atoms with Gasteiger partial charge in [-0.15, -0.1) is 6.42 Å². The quantitative estimate of drug-likeness (QED) is 0.458. The molecule has 122 valence electrons. The predicted octanol–water partition coefficient (Wildman–Crippen LogP) is 2.50. The van der Waals surface area contributed by atoms with Crippen LogP contribution in [0.1, 0.15) is 25.4 Å². The summed E-state index contributed by atoms with van der Waals surface area (Å²) in [5.74, 6) is 2.67. The minimum absolute atomic E-state index is 0.0392. The number of furan rings is 1. The number of allylic oxidation sites excluding steroid dienone is 1. The van der Waals surface area contributed by atoms with Gasteiger partial charge in [0, 0.05) is 6.08 Å². The summed E-state index contributed by atoms with van der Waals surface area (Å²) in [7, 11) is 1.31. The predicted molar refractivity (Wildman–Crippen MR) is 83.0 cm³/mol. The number of terminal acetylenes is 1. The Bertz CT molecular complexity index is 659. The van der Waals surface area contributed by atoms with Crippen molar-refractivity contribution in [1.29, 1.82) is 0 Å². The molecule has 2 rings (SSSR count). The van der Waals surface area contributed by atoms with Crippen LogP contribution >= 0.6 is 0 Å². The van der Waals surface area contributed by atoms with Crippen LogP contribution in [0.5, 0.6) is 0 Å². The highest BCUT2D eigenvalue weighted by Gasteiger charge is 2.61. The fourth-order valence-corrected chi connectivity index (χ4v) is 2.66. The Morgan fingerprint density at radius 3 is 2.74 bits per heavy atom. The molecule has 5 heteroatoms. The fraction of sp³-hybridized carbons (Fsp3) is 0.444. The van der Waals surface area contributed by atoms with Crippen LogP contribution in [0.4, 0.5) is 0 Å². The second-order valence-electron chi connectivity index (χ2n) is 6.06. The Balaban J connectivity index is 1.89. The van der Waals surface area contributed by atoms with E-state index >= 15 is 0 Å². The minimum Gasteiger partial charge on any atom is -0.466 e. The molecule has 0 N–H and O–H groups in total. The van der Waals surface area contributed by atoms with Gasteiger partial charge in [-0.2, -0.15) is 0 Å². The zero-order valence-electron chi connectivity index (χ0n) is 13.5. The summed E-state index contributed by atoms with van der Waals surface area (Å²) in [6.45, 7) is 4.00. The first-order chi connectivity index (χ1) is 10.9. The maximum atomic E-state index is 12.2. The molecule has 1 fully saturated rings. The summed E-state index contributed by atoms with van der Waals surface area (Å²) in [4.78, 5) is 23.4. The molecule has 0 aliphatic heterocycles. The molecule has 0 aromatic carbocycles. The largest absolute Gasteiger partial charge is 0.466 e. The van der Waals surface area contributed by atoms with Crippen molar-refractivity contribution in [2.45, 2.75) is 26.9 Å². The first-order valence-corrected chi connectivity index (χ1v) is 7.34. The van der Waals surface area contributed by atoms with Crippen molar-refractivity contribution in [2.75, 3.05) is 7.11 Å². The molecule has 1 aliphatic carbocycles. The highest BCUT2D eigenvalue weighted by atomic mass is 16.5. The molecule has 23 heavy (non-hydrogen) atoms. The van der Waals surface area contributed by atoms with Crippen molar-refractivity contribution >= 4 is 11.9 Å². The Hall–Kier alpha value is -2.48. The number of methoxy groups -OCH3 is 1. The molecule has 0 bridgehead atoms. The molecule has 0 amide bonds. The first kappa shape index (κ1) is 16.9. The van der Waals surface area contributed by atoms with E-state index in [2.05, 4.69) is 10.7 Å². The molecule has 5 nitrogen and oxygen atoms in total. The molecule has 1 aromatic heterocycles. The topological polar surface area (TPSA) is 65.7 Å². The van der Waals surface area contributed by atoms with Crippen molar-refractivity contribution in [3.8, 4) is 12.3 Å². The number of esters is 2. The summed E-state index contributed by atoms with van der Waals surface area (Å²) in [5, 5.41) is 0. The lowest BCUT2D eigenvalue weighted by Gasteiger charge is -2.03. The fourth-order valence-electron chi connectivity index (χ4n) is 2.66. The molecule has 2 atom stereocenters. The third kappa shape index (κ3) is 3.84. The minimum atomic E-state index is -0.434. The van der Waals surface area contributed by atoms with Gasteiger partial charge in [-0.05, 0) is 23.5 Å². The number of carbonyl (C=O) groups excluding carboxylic acids is 2. The van der Waals surface area contributed by atoms with Crippen LogP contribution in [0, 0.1) is 29.6 Å². The van der Waals surface area contributed by atoms with Gasteiger partial charge in [0.15, 0.2) is 0 Å². The Labute approximate surface area is 135 Å². The maximum Gasteiger partial charge on any atom is 0.330 e. The van der Waals surface area contributed by atoms with Crippen molar-refractivity contribution in [2.24, 2.45) is 17.3 Å². The van der Waals surface area contributed by atoms with Crippen molar-refractivity contribution < 1.29 is 23.5 Å². The lowest BCUT2D eigenvalue weighted by Crippen LogP contribution is -2.10. The monoisotopic (exact) mass is 316 g/mol. The number of hydrogen-bond acceptors (Lipinski definition) is 5. The van der Waals surface area contributed by atoms with Crippen LogP contribution in [0.3, 0.4) is 0 Å². The summed E-state index contributed by atoms with van der Waals surface area (Å²) in [6.07, 6.45) is 8.67. The average Bonchev–Trinajstić information content (AvgIpc) is 2.84. The third-order valence-corrected chi connectivity index (χ3v) is 4.16. The SMILES string of the molecule is C#CCc1ccc(COC(=O)C2C(/C=C/C(=O)OC)C2(C)C)o1. The van der Waals surface area contributed by atoms with Gasteiger partial charge in [0.05, 0.1) is 19.4 Å². The highest BCUT2D eigenvalue weighted by Crippen LogP contribution is 2.59. The van der Waals surface area contributed by atoms with Crippen molar-refractivity contribution in [3.63, 3.8) is 0 Å². The summed E-state index contributed by atoms with van der Waals surface area (Å²) in [6, 6.07) is 3.51. The van der Waals surface area contributed by atoms with Gasteiger partial charge in [0.1, 0.15) is 18.1 Å². The third-order valence-electron chi connectivity index (χ3n) is 4.16. The molecule has 0 spiro atoms. The Morgan fingerprint density at radius 1 is 1.39 bits per heavy atom. The molecular formula is C18H20O5. The molecule has 1 aliphatic rings. The summed E-state index contributed by atoms with van der Waals surface area (Å²) >= 11 is 0. The van der Waals surface area contributed by atoms with Gasteiger partial charge < -0.3 is 13.9 Å². The van der Waals surface area contributed by atoms with Gasteiger partial charge >= 0.3 is 11.9 Å². The highest BCUT2D eigenvalue weighted by molar-refractivity contribution is 5.83. The molecule has 1 aromatic rings. The second kappa shape index (κ2) is 6.74. The Kier molecular flexibility index (Phi) is 4.95. The van der Waals surface area contributed by atoms with Crippen LogP contribution in [-0.4, -0.2) is 19.0 Å². The van der Waals surface area contributed by atoms with Crippen molar-refractivity contribution in [3.05, 3.63) is 35.8 Å². The number of rotatable bonds is 6. The van der Waals surface area contributed by atoms with E-state index in [0.717, 1.165) is 0 Å². The maximum absolute atomic E-state index is 12.2. The first-order valence-electron chi connectivity index (χ1n) is 7.34. The van der Waals surface area contributed by atoms with E-state index in [0.29, 0.717) is 17.9 Å². The molecule has 1 saturated carbocycles. The zero-order chi connectivity index (χ0) is 17.0. The van der Waals surface area contributed by atoms with E-state index in [4.69, 9.17) is 15.6 Å². The van der Waals surface area contributed by atoms with E-state index in [1.807, 2.05) is 13.8 Å². The van der Waals surface area contributed by atoms with Crippen LogP contribution in [-0.2, 0) is 32.1 Å². The lowest BCUT2D eigenvalue weighted by molar-refractivity contribution is -0.148. The van der Waals surface area contributed by atoms with E-state index in [1.165, 1.54) is 13.2 Å². The van der Waals surface area contributed by atoms with E-state index < -0.39 is 5.97 Å². The molecule has 0 saturated heterocycles. The van der Waals surface area contributed by atoms with E-state index in [-0.39, 0.29) is 29.8 Å². The smallest absolute Gasteiger partial charge is 0.330 e. The summed E-state index contributed by atoms with van der Waals surface area (Å²) in [5.41, 5.74) is -0.237. The van der Waals surface area contributed by atoms with Crippen molar-refractivity contribution in [1.82, 2.24) is 0 Å².